The molecule has 0 atom stereocenters. The molecule has 0 aliphatic carbocycles. The average Bonchev–Trinajstić information content (AvgIpc) is 3.70. The third kappa shape index (κ3) is 4.14. The normalized spacial score (nSPS) is 11.5. The van der Waals surface area contributed by atoms with Gasteiger partial charge in [0.05, 0.1) is 15.8 Å². The molecule has 7 rings (SSSR count). The summed E-state index contributed by atoms with van der Waals surface area (Å²) < 4.78 is 0. The first kappa shape index (κ1) is 22.5. The fourth-order valence-electron chi connectivity index (χ4n) is 4.75. The second-order valence-electron chi connectivity index (χ2n) is 9.31. The van der Waals surface area contributed by atoms with Gasteiger partial charge in [-0.05, 0) is 61.2 Å². The van der Waals surface area contributed by atoms with Crippen molar-refractivity contribution in [3.05, 3.63) is 101 Å². The molecule has 0 bridgehead atoms. The van der Waals surface area contributed by atoms with Gasteiger partial charge >= 0.3 is 0 Å². The number of nitrogens with zero attached hydrogens (tertiary/aromatic N) is 5. The average molecular weight is 514 g/mol. The molecule has 0 saturated carbocycles. The molecule has 0 aliphatic heterocycles. The molecule has 2 N–H and O–H groups in total. The minimum absolute atomic E-state index is 0.643. The molecule has 0 fully saturated rings. The molecule has 0 spiro atoms. The topological polar surface area (TPSA) is 96.0 Å². The smallest absolute Gasteiger partial charge is 0.181 e. The largest absolute Gasteiger partial charge is 0.337 e. The molecular formula is C30H23N7S. The maximum atomic E-state index is 4.94. The Morgan fingerprint density at radius 3 is 2.58 bits per heavy atom. The molecule has 0 radical (unpaired) electrons. The molecule has 6 heterocycles. The number of H-pyrrole nitrogens is 2. The van der Waals surface area contributed by atoms with Gasteiger partial charge in [0.1, 0.15) is 16.9 Å². The molecule has 0 aliphatic rings. The van der Waals surface area contributed by atoms with Crippen molar-refractivity contribution in [3.8, 4) is 33.2 Å². The summed E-state index contributed by atoms with van der Waals surface area (Å²) >= 11 is 1.72. The van der Waals surface area contributed by atoms with Crippen LogP contribution in [0.25, 0.3) is 55.3 Å². The fourth-order valence-corrected chi connectivity index (χ4v) is 5.61. The van der Waals surface area contributed by atoms with Crippen LogP contribution in [0.15, 0.2) is 85.5 Å². The number of hydrogen-bond donors (Lipinski definition) is 2. The highest BCUT2D eigenvalue weighted by Crippen LogP contribution is 2.34. The Labute approximate surface area is 222 Å². The van der Waals surface area contributed by atoms with E-state index in [0.29, 0.717) is 11.5 Å². The third-order valence-corrected chi connectivity index (χ3v) is 7.70. The minimum Gasteiger partial charge on any atom is -0.337 e. The van der Waals surface area contributed by atoms with E-state index in [1.807, 2.05) is 36.9 Å². The third-order valence-electron chi connectivity index (χ3n) is 6.69. The number of pyridine rings is 3. The van der Waals surface area contributed by atoms with Crippen molar-refractivity contribution in [2.45, 2.75) is 19.8 Å². The Balaban J connectivity index is 1.24. The van der Waals surface area contributed by atoms with Crippen LogP contribution in [0.5, 0.6) is 0 Å². The summed E-state index contributed by atoms with van der Waals surface area (Å²) in [7, 11) is 0. The van der Waals surface area contributed by atoms with Gasteiger partial charge in [0, 0.05) is 40.8 Å². The molecule has 8 heteroatoms. The summed E-state index contributed by atoms with van der Waals surface area (Å²) in [5, 5.41) is 8.48. The van der Waals surface area contributed by atoms with Gasteiger partial charge in [0.2, 0.25) is 0 Å². The van der Waals surface area contributed by atoms with Crippen LogP contribution in [0.2, 0.25) is 0 Å². The summed E-state index contributed by atoms with van der Waals surface area (Å²) in [5.41, 5.74) is 8.62. The highest BCUT2D eigenvalue weighted by Gasteiger charge is 2.17. The lowest BCUT2D eigenvalue weighted by molar-refractivity contribution is 0.950. The quantitative estimate of drug-likeness (QED) is 0.255. The van der Waals surface area contributed by atoms with E-state index in [9.17, 15) is 0 Å². The Hall–Kier alpha value is -4.69. The molecule has 6 aromatic heterocycles. The summed E-state index contributed by atoms with van der Waals surface area (Å²) in [5.74, 6) is 0.707. The zero-order valence-electron chi connectivity index (χ0n) is 20.6. The Bertz CT molecular complexity index is 1900. The van der Waals surface area contributed by atoms with Crippen molar-refractivity contribution in [2.24, 2.45) is 0 Å². The van der Waals surface area contributed by atoms with Gasteiger partial charge in [0.15, 0.2) is 11.5 Å². The monoisotopic (exact) mass is 513 g/mol. The number of thiophene rings is 1. The summed E-state index contributed by atoms with van der Waals surface area (Å²) in [6.45, 7) is 2.10. The van der Waals surface area contributed by atoms with Gasteiger partial charge in [-0.15, -0.1) is 11.3 Å². The molecular weight excluding hydrogens is 490 g/mol. The molecule has 184 valence electrons. The van der Waals surface area contributed by atoms with Crippen LogP contribution < -0.4 is 0 Å². The van der Waals surface area contributed by atoms with E-state index in [0.717, 1.165) is 56.7 Å². The van der Waals surface area contributed by atoms with Crippen LogP contribution in [0.1, 0.15) is 16.0 Å². The van der Waals surface area contributed by atoms with Gasteiger partial charge in [-0.3, -0.25) is 15.1 Å². The van der Waals surface area contributed by atoms with E-state index >= 15 is 0 Å². The van der Waals surface area contributed by atoms with E-state index < -0.39 is 0 Å². The first-order chi connectivity index (χ1) is 18.7. The van der Waals surface area contributed by atoms with Crippen LogP contribution in [-0.2, 0) is 12.8 Å². The lowest BCUT2D eigenvalue weighted by Gasteiger charge is -2.06. The Morgan fingerprint density at radius 1 is 0.842 bits per heavy atom. The first-order valence-electron chi connectivity index (χ1n) is 12.5. The van der Waals surface area contributed by atoms with Crippen LogP contribution in [0, 0.1) is 6.92 Å². The van der Waals surface area contributed by atoms with Gasteiger partial charge < -0.3 is 4.98 Å². The van der Waals surface area contributed by atoms with E-state index in [1.165, 1.54) is 16.0 Å². The molecule has 38 heavy (non-hydrogen) atoms. The predicted octanol–water partition coefficient (Wildman–Crippen LogP) is 6.78. The number of rotatable bonds is 6. The molecule has 0 saturated heterocycles. The van der Waals surface area contributed by atoms with Crippen molar-refractivity contribution in [2.75, 3.05) is 0 Å². The molecule has 7 aromatic rings. The zero-order valence-corrected chi connectivity index (χ0v) is 21.5. The summed E-state index contributed by atoms with van der Waals surface area (Å²) in [6.07, 6.45) is 9.40. The number of aryl methyl sites for hydroxylation is 3. The van der Waals surface area contributed by atoms with E-state index in [1.54, 1.807) is 11.3 Å². The minimum atomic E-state index is 0.643. The van der Waals surface area contributed by atoms with Crippen molar-refractivity contribution < 1.29 is 0 Å². The fraction of sp³-hybridized carbons (Fsp3) is 0.100. The van der Waals surface area contributed by atoms with Crippen molar-refractivity contribution in [3.63, 3.8) is 0 Å². The second kappa shape index (κ2) is 9.32. The van der Waals surface area contributed by atoms with E-state index in [4.69, 9.17) is 4.98 Å². The van der Waals surface area contributed by atoms with E-state index in [-0.39, 0.29) is 0 Å². The SMILES string of the molecule is Cc1ccc(-c2nccc3[nH]c(-c4[nH]nc5ncc(-c6cncc(CCc7ccccc7)c6)cc45)nc23)s1. The Morgan fingerprint density at radius 2 is 1.71 bits per heavy atom. The van der Waals surface area contributed by atoms with Gasteiger partial charge in [0.25, 0.3) is 0 Å². The summed E-state index contributed by atoms with van der Waals surface area (Å²) in [4.78, 5) is 24.5. The van der Waals surface area contributed by atoms with Crippen LogP contribution in [0.4, 0.5) is 0 Å². The van der Waals surface area contributed by atoms with Crippen molar-refractivity contribution in [1.29, 1.82) is 0 Å². The summed E-state index contributed by atoms with van der Waals surface area (Å²) in [6, 6.07) is 21.0. The first-order valence-corrected chi connectivity index (χ1v) is 13.3. The van der Waals surface area contributed by atoms with Crippen LogP contribution >= 0.6 is 11.3 Å². The highest BCUT2D eigenvalue weighted by molar-refractivity contribution is 7.15. The Kier molecular flexibility index (Phi) is 5.52. The molecule has 1 aromatic carbocycles. The second-order valence-corrected chi connectivity index (χ2v) is 10.6. The number of hydrogen-bond acceptors (Lipinski definition) is 6. The van der Waals surface area contributed by atoms with E-state index in [2.05, 4.69) is 85.6 Å². The van der Waals surface area contributed by atoms with Gasteiger partial charge in [-0.2, -0.15) is 5.10 Å². The maximum absolute atomic E-state index is 4.94. The number of fused-ring (bicyclic) bond motifs is 2. The van der Waals surface area contributed by atoms with Crippen molar-refractivity contribution >= 4 is 33.4 Å². The number of benzene rings is 1. The van der Waals surface area contributed by atoms with Gasteiger partial charge in [-0.25, -0.2) is 9.97 Å². The number of imidazole rings is 1. The highest BCUT2D eigenvalue weighted by atomic mass is 32.1. The standard InChI is InChI=1S/C30H23N7S/c1-18-7-10-25(38-18)28-27-24(11-12-32-28)34-30(35-27)26-23-14-22(17-33-29(23)37-36-26)21-13-20(15-31-16-21)9-8-19-5-3-2-4-6-19/h2-7,10-17H,8-9H2,1H3,(H,34,35)(H,33,36,37). The number of aromatic amines is 2. The lowest BCUT2D eigenvalue weighted by atomic mass is 10.0. The van der Waals surface area contributed by atoms with Crippen molar-refractivity contribution in [1.82, 2.24) is 35.1 Å². The zero-order chi connectivity index (χ0) is 25.5. The molecule has 0 unspecified atom stereocenters. The predicted molar refractivity (Wildman–Crippen MR) is 152 cm³/mol. The van der Waals surface area contributed by atoms with Gasteiger partial charge in [-0.1, -0.05) is 30.3 Å². The number of aromatic nitrogens is 7. The maximum Gasteiger partial charge on any atom is 0.181 e. The molecule has 0 amide bonds. The molecule has 7 nitrogen and oxygen atoms in total. The number of nitrogens with one attached hydrogen (secondary N) is 2. The van der Waals surface area contributed by atoms with Crippen LogP contribution in [-0.4, -0.2) is 35.1 Å². The lowest BCUT2D eigenvalue weighted by Crippen LogP contribution is -1.93. The van der Waals surface area contributed by atoms with Crippen LogP contribution in [0.3, 0.4) is 0 Å².